The Morgan fingerprint density at radius 1 is 1.29 bits per heavy atom. The highest BCUT2D eigenvalue weighted by molar-refractivity contribution is 5.66. The number of hydrogen-bond donors (Lipinski definition) is 1. The fraction of sp³-hybridized carbons (Fsp3) is 0.500. The van der Waals surface area contributed by atoms with Gasteiger partial charge in [-0.15, -0.1) is 0 Å². The van der Waals surface area contributed by atoms with E-state index in [1.807, 2.05) is 0 Å². The maximum Gasteiger partial charge on any atom is 0.407 e. The van der Waals surface area contributed by atoms with Crippen LogP contribution in [0.1, 0.15) is 19.3 Å². The van der Waals surface area contributed by atoms with Crippen LogP contribution in [0.3, 0.4) is 0 Å². The maximum absolute atomic E-state index is 11.1. The van der Waals surface area contributed by atoms with E-state index in [-0.39, 0.29) is 0 Å². The molecule has 0 aromatic rings. The average molecular weight is 231 g/mol. The zero-order chi connectivity index (χ0) is 11.8. The van der Waals surface area contributed by atoms with Crippen molar-refractivity contribution >= 4 is 6.09 Å². The Hall–Kier alpha value is -1.51. The van der Waals surface area contributed by atoms with Gasteiger partial charge in [-0.05, 0) is 36.3 Å². The van der Waals surface area contributed by atoms with E-state index in [1.165, 1.54) is 24.0 Å². The summed E-state index contributed by atoms with van der Waals surface area (Å²) < 4.78 is 0. The lowest BCUT2D eigenvalue weighted by Gasteiger charge is -2.39. The SMILES string of the molecule is O=C(O)N1CCC2CCC3C=CC=CC3=C2C1. The summed E-state index contributed by atoms with van der Waals surface area (Å²) in [5.74, 6) is 1.15. The number of nitrogens with zero attached hydrogens (tertiary/aromatic N) is 1. The van der Waals surface area contributed by atoms with E-state index in [0.29, 0.717) is 24.9 Å². The summed E-state index contributed by atoms with van der Waals surface area (Å²) in [7, 11) is 0. The fourth-order valence-electron chi connectivity index (χ4n) is 3.27. The van der Waals surface area contributed by atoms with Crippen LogP contribution in [0.4, 0.5) is 4.79 Å². The molecule has 1 amide bonds. The number of fused-ring (bicyclic) bond motifs is 2. The third-order valence-corrected chi connectivity index (χ3v) is 4.20. The van der Waals surface area contributed by atoms with Crippen molar-refractivity contribution in [2.24, 2.45) is 11.8 Å². The van der Waals surface area contributed by atoms with Gasteiger partial charge in [-0.25, -0.2) is 4.79 Å². The van der Waals surface area contributed by atoms with Gasteiger partial charge in [0.1, 0.15) is 0 Å². The quantitative estimate of drug-likeness (QED) is 0.696. The predicted molar refractivity (Wildman–Crippen MR) is 65.7 cm³/mol. The summed E-state index contributed by atoms with van der Waals surface area (Å²) in [5, 5.41) is 9.10. The number of carbonyl (C=O) groups is 1. The molecule has 3 aliphatic rings. The zero-order valence-electron chi connectivity index (χ0n) is 9.80. The van der Waals surface area contributed by atoms with Gasteiger partial charge in [-0.1, -0.05) is 24.3 Å². The molecule has 1 fully saturated rings. The molecule has 0 aromatic carbocycles. The highest BCUT2D eigenvalue weighted by Crippen LogP contribution is 2.41. The molecule has 3 rings (SSSR count). The van der Waals surface area contributed by atoms with E-state index in [9.17, 15) is 4.79 Å². The molecule has 1 N–H and O–H groups in total. The summed E-state index contributed by atoms with van der Waals surface area (Å²) in [6.45, 7) is 1.31. The van der Waals surface area contributed by atoms with Crippen molar-refractivity contribution in [2.45, 2.75) is 19.3 Å². The van der Waals surface area contributed by atoms with Crippen LogP contribution in [-0.2, 0) is 0 Å². The summed E-state index contributed by atoms with van der Waals surface area (Å²) >= 11 is 0. The Labute approximate surface area is 101 Å². The highest BCUT2D eigenvalue weighted by Gasteiger charge is 2.33. The van der Waals surface area contributed by atoms with Gasteiger partial charge in [0.2, 0.25) is 0 Å². The first kappa shape index (κ1) is 10.6. The van der Waals surface area contributed by atoms with Gasteiger partial charge < -0.3 is 10.0 Å². The first-order valence-corrected chi connectivity index (χ1v) is 6.31. The molecule has 17 heavy (non-hydrogen) atoms. The lowest BCUT2D eigenvalue weighted by molar-refractivity contribution is 0.135. The van der Waals surface area contributed by atoms with Gasteiger partial charge >= 0.3 is 6.09 Å². The number of carboxylic acid groups (broad SMARTS) is 1. The Kier molecular flexibility index (Phi) is 2.54. The standard InChI is InChI=1S/C14H17NO2/c16-14(17)15-8-7-11-6-5-10-3-1-2-4-12(10)13(11)9-15/h1-4,10-11H,5-9H2,(H,16,17). The summed E-state index contributed by atoms with van der Waals surface area (Å²) in [6.07, 6.45) is 11.2. The molecule has 0 saturated carbocycles. The normalized spacial score (nSPS) is 31.2. The van der Waals surface area contributed by atoms with Gasteiger partial charge in [-0.2, -0.15) is 0 Å². The predicted octanol–water partition coefficient (Wildman–Crippen LogP) is 2.82. The lowest BCUT2D eigenvalue weighted by atomic mass is 9.72. The van der Waals surface area contributed by atoms with Crippen molar-refractivity contribution in [1.82, 2.24) is 4.90 Å². The van der Waals surface area contributed by atoms with Crippen LogP contribution in [0, 0.1) is 11.8 Å². The molecule has 2 aliphatic carbocycles. The molecule has 3 heteroatoms. The van der Waals surface area contributed by atoms with E-state index in [0.717, 1.165) is 6.42 Å². The molecule has 3 nitrogen and oxygen atoms in total. The molecular weight excluding hydrogens is 214 g/mol. The van der Waals surface area contributed by atoms with E-state index >= 15 is 0 Å². The molecule has 90 valence electrons. The topological polar surface area (TPSA) is 40.5 Å². The average Bonchev–Trinajstić information content (AvgIpc) is 2.38. The third-order valence-electron chi connectivity index (χ3n) is 4.20. The fourth-order valence-corrected chi connectivity index (χ4v) is 3.27. The molecule has 0 spiro atoms. The van der Waals surface area contributed by atoms with Crippen LogP contribution in [0.15, 0.2) is 35.5 Å². The lowest BCUT2D eigenvalue weighted by Crippen LogP contribution is -2.41. The summed E-state index contributed by atoms with van der Waals surface area (Å²) in [4.78, 5) is 12.6. The molecule has 0 radical (unpaired) electrons. The monoisotopic (exact) mass is 231 g/mol. The Balaban J connectivity index is 1.93. The molecule has 1 heterocycles. The first-order chi connectivity index (χ1) is 8.25. The van der Waals surface area contributed by atoms with Gasteiger partial charge in [0.05, 0.1) is 0 Å². The van der Waals surface area contributed by atoms with Crippen molar-refractivity contribution in [3.63, 3.8) is 0 Å². The number of amides is 1. The number of likely N-dealkylation sites (tertiary alicyclic amines) is 1. The maximum atomic E-state index is 11.1. The van der Waals surface area contributed by atoms with Gasteiger partial charge in [0.15, 0.2) is 0 Å². The molecule has 1 aliphatic heterocycles. The van der Waals surface area contributed by atoms with Crippen LogP contribution in [0.2, 0.25) is 0 Å². The number of rotatable bonds is 0. The van der Waals surface area contributed by atoms with Crippen molar-refractivity contribution in [3.8, 4) is 0 Å². The second-order valence-electron chi connectivity index (χ2n) is 5.10. The van der Waals surface area contributed by atoms with Crippen LogP contribution in [-0.4, -0.2) is 29.2 Å². The van der Waals surface area contributed by atoms with Crippen LogP contribution in [0.5, 0.6) is 0 Å². The summed E-state index contributed by atoms with van der Waals surface area (Å²) in [5.41, 5.74) is 2.75. The Morgan fingerprint density at radius 2 is 2.18 bits per heavy atom. The van der Waals surface area contributed by atoms with Crippen molar-refractivity contribution in [2.75, 3.05) is 13.1 Å². The highest BCUT2D eigenvalue weighted by atomic mass is 16.4. The number of allylic oxidation sites excluding steroid dienone is 5. The molecule has 0 bridgehead atoms. The molecule has 2 unspecified atom stereocenters. The van der Waals surface area contributed by atoms with E-state index < -0.39 is 6.09 Å². The van der Waals surface area contributed by atoms with Crippen molar-refractivity contribution in [1.29, 1.82) is 0 Å². The van der Waals surface area contributed by atoms with Crippen molar-refractivity contribution in [3.05, 3.63) is 35.5 Å². The Morgan fingerprint density at radius 3 is 3.00 bits per heavy atom. The minimum absolute atomic E-state index is 0.528. The number of piperidine rings is 1. The van der Waals surface area contributed by atoms with Gasteiger partial charge in [0.25, 0.3) is 0 Å². The van der Waals surface area contributed by atoms with E-state index in [2.05, 4.69) is 24.3 Å². The van der Waals surface area contributed by atoms with Crippen LogP contribution in [0.25, 0.3) is 0 Å². The molecule has 0 aromatic heterocycles. The third kappa shape index (κ3) is 1.79. The van der Waals surface area contributed by atoms with E-state index in [4.69, 9.17) is 5.11 Å². The summed E-state index contributed by atoms with van der Waals surface area (Å²) in [6, 6.07) is 0. The van der Waals surface area contributed by atoms with Gasteiger partial charge in [0, 0.05) is 19.0 Å². The second-order valence-corrected chi connectivity index (χ2v) is 5.10. The molecular formula is C14H17NO2. The number of hydrogen-bond acceptors (Lipinski definition) is 1. The minimum atomic E-state index is -0.783. The van der Waals surface area contributed by atoms with Crippen LogP contribution >= 0.6 is 0 Å². The van der Waals surface area contributed by atoms with Gasteiger partial charge in [-0.3, -0.25) is 0 Å². The Bertz CT molecular complexity index is 434. The zero-order valence-corrected chi connectivity index (χ0v) is 9.80. The minimum Gasteiger partial charge on any atom is -0.465 e. The molecule has 1 saturated heterocycles. The smallest absolute Gasteiger partial charge is 0.407 e. The second kappa shape index (κ2) is 4.06. The van der Waals surface area contributed by atoms with Crippen LogP contribution < -0.4 is 0 Å². The van der Waals surface area contributed by atoms with E-state index in [1.54, 1.807) is 4.90 Å². The van der Waals surface area contributed by atoms with Crippen molar-refractivity contribution < 1.29 is 9.90 Å². The molecule has 2 atom stereocenters. The largest absolute Gasteiger partial charge is 0.465 e. The first-order valence-electron chi connectivity index (χ1n) is 6.31.